The van der Waals surface area contributed by atoms with E-state index in [1.807, 2.05) is 0 Å². The Balaban J connectivity index is 1.67. The van der Waals surface area contributed by atoms with Gasteiger partial charge in [-0.1, -0.05) is 39.5 Å². The summed E-state index contributed by atoms with van der Waals surface area (Å²) >= 11 is 0. The maximum atomic E-state index is 10.5. The van der Waals surface area contributed by atoms with Crippen molar-refractivity contribution in [2.45, 2.75) is 76.9 Å². The molecule has 2 fully saturated rings. The van der Waals surface area contributed by atoms with E-state index in [0.29, 0.717) is 6.04 Å². The monoisotopic (exact) mass is 239 g/mol. The van der Waals surface area contributed by atoms with E-state index >= 15 is 0 Å². The molecule has 0 radical (unpaired) electrons. The molecule has 0 aromatic heterocycles. The molecule has 0 unspecified atom stereocenters. The number of hydrogen-bond donors (Lipinski definition) is 2. The third kappa shape index (κ3) is 3.69. The van der Waals surface area contributed by atoms with Crippen LogP contribution >= 0.6 is 0 Å². The summed E-state index contributed by atoms with van der Waals surface area (Å²) in [5.74, 6) is 1.74. The molecule has 0 aromatic carbocycles. The van der Waals surface area contributed by atoms with Crippen LogP contribution < -0.4 is 5.32 Å². The van der Waals surface area contributed by atoms with Crippen LogP contribution in [0.5, 0.6) is 0 Å². The zero-order valence-corrected chi connectivity index (χ0v) is 11.5. The first-order valence-electron chi connectivity index (χ1n) is 7.55. The van der Waals surface area contributed by atoms with Gasteiger partial charge in [0.25, 0.3) is 0 Å². The Labute approximate surface area is 106 Å². The van der Waals surface area contributed by atoms with Crippen molar-refractivity contribution in [1.29, 1.82) is 0 Å². The highest BCUT2D eigenvalue weighted by Crippen LogP contribution is 2.34. The zero-order chi connectivity index (χ0) is 12.3. The summed E-state index contributed by atoms with van der Waals surface area (Å²) in [6.45, 7) is 5.46. The second-order valence-corrected chi connectivity index (χ2v) is 6.69. The minimum atomic E-state index is -0.403. The van der Waals surface area contributed by atoms with Crippen molar-refractivity contribution in [3.8, 4) is 0 Å². The van der Waals surface area contributed by atoms with Crippen LogP contribution in [0.1, 0.15) is 65.2 Å². The summed E-state index contributed by atoms with van der Waals surface area (Å²) in [7, 11) is 0. The molecule has 2 aliphatic carbocycles. The van der Waals surface area contributed by atoms with Gasteiger partial charge in [-0.2, -0.15) is 0 Å². The molecule has 0 aromatic rings. The van der Waals surface area contributed by atoms with Gasteiger partial charge < -0.3 is 10.4 Å². The lowest BCUT2D eigenvalue weighted by molar-refractivity contribution is 0.0156. The Morgan fingerprint density at radius 1 is 1.12 bits per heavy atom. The van der Waals surface area contributed by atoms with Crippen LogP contribution in [0.15, 0.2) is 0 Å². The van der Waals surface area contributed by atoms with Crippen molar-refractivity contribution < 1.29 is 5.11 Å². The largest absolute Gasteiger partial charge is 0.389 e. The first kappa shape index (κ1) is 13.4. The number of aliphatic hydroxyl groups is 1. The highest BCUT2D eigenvalue weighted by Gasteiger charge is 2.34. The molecule has 0 spiro atoms. The molecule has 2 aliphatic rings. The summed E-state index contributed by atoms with van der Waals surface area (Å²) in [5.41, 5.74) is -0.403. The third-order valence-electron chi connectivity index (χ3n) is 4.87. The normalized spacial score (nSPS) is 33.2. The van der Waals surface area contributed by atoms with Crippen molar-refractivity contribution in [2.75, 3.05) is 6.54 Å². The Bertz CT molecular complexity index is 225. The van der Waals surface area contributed by atoms with Gasteiger partial charge in [0.05, 0.1) is 5.60 Å². The Morgan fingerprint density at radius 2 is 1.71 bits per heavy atom. The summed E-state index contributed by atoms with van der Waals surface area (Å²) in [6.07, 6.45) is 9.65. The van der Waals surface area contributed by atoms with Gasteiger partial charge in [-0.3, -0.25) is 0 Å². The minimum absolute atomic E-state index is 0.403. The van der Waals surface area contributed by atoms with Crippen LogP contribution in [0.3, 0.4) is 0 Å². The van der Waals surface area contributed by atoms with E-state index in [0.717, 1.165) is 31.2 Å². The molecular weight excluding hydrogens is 210 g/mol. The molecular formula is C15H29NO. The van der Waals surface area contributed by atoms with Gasteiger partial charge in [0.2, 0.25) is 0 Å². The van der Waals surface area contributed by atoms with E-state index < -0.39 is 5.60 Å². The van der Waals surface area contributed by atoms with E-state index in [2.05, 4.69) is 19.2 Å². The summed E-state index contributed by atoms with van der Waals surface area (Å²) in [4.78, 5) is 0. The van der Waals surface area contributed by atoms with Gasteiger partial charge in [-0.15, -0.1) is 0 Å². The van der Waals surface area contributed by atoms with Crippen LogP contribution in [0.4, 0.5) is 0 Å². The fourth-order valence-corrected chi connectivity index (χ4v) is 3.27. The van der Waals surface area contributed by atoms with Gasteiger partial charge in [0.1, 0.15) is 0 Å². The highest BCUT2D eigenvalue weighted by atomic mass is 16.3. The molecule has 0 atom stereocenters. The molecule has 100 valence electrons. The van der Waals surface area contributed by atoms with Crippen LogP contribution in [0, 0.1) is 11.8 Å². The molecule has 17 heavy (non-hydrogen) atoms. The van der Waals surface area contributed by atoms with Crippen molar-refractivity contribution in [2.24, 2.45) is 11.8 Å². The van der Waals surface area contributed by atoms with E-state index in [9.17, 15) is 5.11 Å². The predicted molar refractivity (Wildman–Crippen MR) is 72.0 cm³/mol. The lowest BCUT2D eigenvalue weighted by Gasteiger charge is -2.40. The summed E-state index contributed by atoms with van der Waals surface area (Å²) in [5, 5.41) is 14.1. The molecule has 2 heteroatoms. The van der Waals surface area contributed by atoms with Crippen molar-refractivity contribution in [3.05, 3.63) is 0 Å². The number of rotatable bonds is 4. The van der Waals surface area contributed by atoms with Gasteiger partial charge in [0, 0.05) is 12.6 Å². The Morgan fingerprint density at radius 3 is 2.24 bits per heavy atom. The van der Waals surface area contributed by atoms with Crippen LogP contribution in [-0.4, -0.2) is 23.3 Å². The Hall–Kier alpha value is -0.0800. The molecule has 2 saturated carbocycles. The van der Waals surface area contributed by atoms with Gasteiger partial charge in [0.15, 0.2) is 0 Å². The molecule has 0 aliphatic heterocycles. The topological polar surface area (TPSA) is 32.3 Å². The van der Waals surface area contributed by atoms with Crippen molar-refractivity contribution >= 4 is 0 Å². The average Bonchev–Trinajstić information content (AvgIpc) is 2.40. The highest BCUT2D eigenvalue weighted by molar-refractivity contribution is 4.90. The van der Waals surface area contributed by atoms with E-state index in [4.69, 9.17) is 0 Å². The van der Waals surface area contributed by atoms with E-state index in [1.165, 1.54) is 38.5 Å². The minimum Gasteiger partial charge on any atom is -0.389 e. The summed E-state index contributed by atoms with van der Waals surface area (Å²) < 4.78 is 0. The second-order valence-electron chi connectivity index (χ2n) is 6.69. The first-order valence-corrected chi connectivity index (χ1v) is 7.55. The average molecular weight is 239 g/mol. The Kier molecular flexibility index (Phi) is 4.48. The lowest BCUT2D eigenvalue weighted by Crippen LogP contribution is -2.49. The molecule has 0 amide bonds. The van der Waals surface area contributed by atoms with Crippen LogP contribution in [-0.2, 0) is 0 Å². The maximum Gasteiger partial charge on any atom is 0.0771 e. The number of hydrogen-bond acceptors (Lipinski definition) is 2. The lowest BCUT2D eigenvalue weighted by atomic mass is 9.73. The fraction of sp³-hybridized carbons (Fsp3) is 1.00. The first-order chi connectivity index (χ1) is 8.09. The predicted octanol–water partition coefficient (Wildman–Crippen LogP) is 3.10. The van der Waals surface area contributed by atoms with Crippen molar-refractivity contribution in [3.63, 3.8) is 0 Å². The molecule has 0 heterocycles. The third-order valence-corrected chi connectivity index (χ3v) is 4.87. The molecule has 2 rings (SSSR count). The number of nitrogens with one attached hydrogen (secondary N) is 1. The smallest absolute Gasteiger partial charge is 0.0771 e. The SMILES string of the molecule is CC(C)C1CC(NCC2(O)CCCCCC2)C1. The molecule has 2 nitrogen and oxygen atoms in total. The summed E-state index contributed by atoms with van der Waals surface area (Å²) in [6, 6.07) is 0.676. The maximum absolute atomic E-state index is 10.5. The molecule has 2 N–H and O–H groups in total. The van der Waals surface area contributed by atoms with E-state index in [1.54, 1.807) is 0 Å². The fourth-order valence-electron chi connectivity index (χ4n) is 3.27. The quantitative estimate of drug-likeness (QED) is 0.739. The van der Waals surface area contributed by atoms with Gasteiger partial charge in [-0.25, -0.2) is 0 Å². The van der Waals surface area contributed by atoms with Gasteiger partial charge in [-0.05, 0) is 37.5 Å². The van der Waals surface area contributed by atoms with Crippen LogP contribution in [0.2, 0.25) is 0 Å². The van der Waals surface area contributed by atoms with Gasteiger partial charge >= 0.3 is 0 Å². The standard InChI is InChI=1S/C15H29NO/c1-12(2)13-9-14(10-13)16-11-15(17)7-5-3-4-6-8-15/h12-14,16-17H,3-11H2,1-2H3. The molecule has 0 bridgehead atoms. The molecule has 0 saturated heterocycles. The van der Waals surface area contributed by atoms with Crippen molar-refractivity contribution in [1.82, 2.24) is 5.32 Å². The van der Waals surface area contributed by atoms with E-state index in [-0.39, 0.29) is 0 Å². The van der Waals surface area contributed by atoms with Crippen LogP contribution in [0.25, 0.3) is 0 Å². The second kappa shape index (κ2) is 5.71. The zero-order valence-electron chi connectivity index (χ0n) is 11.5.